The second-order valence-corrected chi connectivity index (χ2v) is 20.4. The molecule has 2 aromatic carbocycles. The molecule has 244 valence electrons. The molecule has 2 bridgehead atoms. The number of ether oxygens (including phenoxy) is 1. The molecule has 2 aliphatic rings. The Bertz CT molecular complexity index is 1810. The molecule has 0 spiro atoms. The Balaban J connectivity index is 1.42. The zero-order valence-corrected chi connectivity index (χ0v) is 30.1. The van der Waals surface area contributed by atoms with Crippen LogP contribution in [0.1, 0.15) is 54.4 Å². The Morgan fingerprint density at radius 3 is 2.30 bits per heavy atom. The van der Waals surface area contributed by atoms with E-state index in [0.717, 1.165) is 23.6 Å². The number of hydrogen-bond donors (Lipinski definition) is 0. The largest absolute Gasteiger partial charge is 0.543 e. The summed E-state index contributed by atoms with van der Waals surface area (Å²) in [5.74, 6) is 0.877. The van der Waals surface area contributed by atoms with Gasteiger partial charge in [0.1, 0.15) is 28.4 Å². The lowest BCUT2D eigenvalue weighted by Crippen LogP contribution is -2.57. The van der Waals surface area contributed by atoms with Crippen LogP contribution in [0, 0.1) is 5.82 Å². The minimum Gasteiger partial charge on any atom is -0.543 e. The van der Waals surface area contributed by atoms with Crippen molar-refractivity contribution in [1.82, 2.24) is 19.9 Å². The number of anilines is 1. The molecule has 11 heteroatoms. The summed E-state index contributed by atoms with van der Waals surface area (Å²) in [5.41, 5.74) is 0.574. The summed E-state index contributed by atoms with van der Waals surface area (Å²) in [4.78, 5) is 31.4. The highest BCUT2D eigenvalue weighted by atomic mass is 32.2. The highest BCUT2D eigenvalue weighted by Gasteiger charge is 2.45. The molecule has 0 aliphatic carbocycles. The van der Waals surface area contributed by atoms with Crippen LogP contribution < -0.4 is 9.33 Å². The highest BCUT2D eigenvalue weighted by Crippen LogP contribution is 2.42. The highest BCUT2D eigenvalue weighted by molar-refractivity contribution is 7.98. The first-order valence-electron chi connectivity index (χ1n) is 15.9. The van der Waals surface area contributed by atoms with Crippen molar-refractivity contribution in [2.45, 2.75) is 95.4 Å². The quantitative estimate of drug-likeness (QED) is 0.119. The molecule has 0 radical (unpaired) electrons. The van der Waals surface area contributed by atoms with Crippen LogP contribution in [0.15, 0.2) is 47.8 Å². The van der Waals surface area contributed by atoms with Crippen LogP contribution in [0.4, 0.5) is 15.0 Å². The first kappa shape index (κ1) is 32.5. The molecule has 0 N–H and O–H groups in total. The molecule has 1 amide bonds. The maximum absolute atomic E-state index is 16.8. The van der Waals surface area contributed by atoms with Gasteiger partial charge in [-0.15, -0.1) is 0 Å². The van der Waals surface area contributed by atoms with Crippen LogP contribution in [0.3, 0.4) is 0 Å². The van der Waals surface area contributed by atoms with Gasteiger partial charge in [-0.1, -0.05) is 56.8 Å². The fourth-order valence-corrected chi connectivity index (χ4v) is 7.59. The molecule has 2 atom stereocenters. The zero-order chi connectivity index (χ0) is 33.2. The number of fused-ring (bicyclic) bond motifs is 4. The van der Waals surface area contributed by atoms with E-state index in [2.05, 4.69) is 43.7 Å². The van der Waals surface area contributed by atoms with Crippen molar-refractivity contribution in [2.24, 2.45) is 0 Å². The molecule has 4 heterocycles. The lowest BCUT2D eigenvalue weighted by Gasteiger charge is -2.42. The summed E-state index contributed by atoms with van der Waals surface area (Å²) >= 11 is 1.38. The van der Waals surface area contributed by atoms with Crippen LogP contribution in [0.5, 0.6) is 5.75 Å². The summed E-state index contributed by atoms with van der Waals surface area (Å²) in [7, 11) is -2.16. The van der Waals surface area contributed by atoms with E-state index in [9.17, 15) is 4.79 Å². The van der Waals surface area contributed by atoms with Gasteiger partial charge in [0, 0.05) is 24.8 Å². The number of aromatic nitrogens is 3. The number of carbonyl (C=O) groups excluding carboxylic acids is 1. The van der Waals surface area contributed by atoms with Gasteiger partial charge in [-0.25, -0.2) is 19.2 Å². The number of thioether (sulfide) groups is 1. The first-order valence-corrected chi connectivity index (χ1v) is 20.1. The zero-order valence-electron chi connectivity index (χ0n) is 28.3. The Kier molecular flexibility index (Phi) is 8.24. The topological polar surface area (TPSA) is 80.7 Å². The number of pyridine rings is 1. The van der Waals surface area contributed by atoms with Crippen molar-refractivity contribution in [3.8, 4) is 17.0 Å². The third kappa shape index (κ3) is 6.03. The van der Waals surface area contributed by atoms with E-state index in [0.29, 0.717) is 40.8 Å². The third-order valence-electron chi connectivity index (χ3n) is 9.48. The third-order valence-corrected chi connectivity index (χ3v) is 14.4. The van der Waals surface area contributed by atoms with Gasteiger partial charge in [0.05, 0.1) is 17.5 Å². The maximum Gasteiger partial charge on any atom is 0.410 e. The van der Waals surface area contributed by atoms with Crippen LogP contribution >= 0.6 is 11.8 Å². The van der Waals surface area contributed by atoms with Crippen molar-refractivity contribution >= 4 is 53.7 Å². The minimum atomic E-state index is -2.16. The van der Waals surface area contributed by atoms with Crippen molar-refractivity contribution < 1.29 is 18.3 Å². The van der Waals surface area contributed by atoms with E-state index in [1.54, 1.807) is 6.20 Å². The number of carbonyl (C=O) groups is 1. The summed E-state index contributed by atoms with van der Waals surface area (Å²) in [6.45, 7) is 17.8. The molecule has 6 rings (SSSR count). The first-order chi connectivity index (χ1) is 21.6. The monoisotopic (exact) mass is 661 g/mol. The molecule has 46 heavy (non-hydrogen) atoms. The van der Waals surface area contributed by atoms with Crippen molar-refractivity contribution in [2.75, 3.05) is 24.2 Å². The van der Waals surface area contributed by atoms with Crippen molar-refractivity contribution in [3.05, 3.63) is 48.4 Å². The maximum atomic E-state index is 16.8. The fourth-order valence-electron chi connectivity index (χ4n) is 6.22. The van der Waals surface area contributed by atoms with Gasteiger partial charge in [0.2, 0.25) is 8.32 Å². The average molecular weight is 662 g/mol. The Morgan fingerprint density at radius 2 is 1.67 bits per heavy atom. The van der Waals surface area contributed by atoms with Gasteiger partial charge in [0.15, 0.2) is 11.0 Å². The van der Waals surface area contributed by atoms with Crippen LogP contribution in [-0.2, 0) is 4.74 Å². The second kappa shape index (κ2) is 11.7. The van der Waals surface area contributed by atoms with E-state index < -0.39 is 19.7 Å². The van der Waals surface area contributed by atoms with Gasteiger partial charge in [-0.05, 0) is 80.9 Å². The van der Waals surface area contributed by atoms with Crippen LogP contribution in [0.25, 0.3) is 32.9 Å². The van der Waals surface area contributed by atoms with Crippen molar-refractivity contribution in [3.63, 3.8) is 0 Å². The summed E-state index contributed by atoms with van der Waals surface area (Å²) in [5, 5.41) is 2.90. The average Bonchev–Trinajstić information content (AvgIpc) is 3.24. The molecular weight excluding hydrogens is 618 g/mol. The van der Waals surface area contributed by atoms with Crippen molar-refractivity contribution in [1.29, 1.82) is 0 Å². The second-order valence-electron chi connectivity index (χ2n) is 14.9. The molecule has 2 saturated heterocycles. The number of rotatable bonds is 5. The molecule has 2 unspecified atom stereocenters. The molecule has 2 fully saturated rings. The number of amides is 1. The van der Waals surface area contributed by atoms with Gasteiger partial charge in [-0.2, -0.15) is 0 Å². The molecule has 2 aliphatic heterocycles. The molecule has 4 aromatic rings. The summed E-state index contributed by atoms with van der Waals surface area (Å²) in [6, 6.07) is 11.9. The molecule has 0 saturated carbocycles. The Morgan fingerprint density at radius 1 is 1.00 bits per heavy atom. The van der Waals surface area contributed by atoms with Gasteiger partial charge >= 0.3 is 6.09 Å². The molecular formula is C35H44FN5O3SSi. The van der Waals surface area contributed by atoms with Crippen LogP contribution in [-0.4, -0.2) is 71.3 Å². The summed E-state index contributed by atoms with van der Waals surface area (Å²) < 4.78 is 29.2. The Hall–Kier alpha value is -3.44. The van der Waals surface area contributed by atoms with Crippen LogP contribution in [0.2, 0.25) is 18.1 Å². The normalized spacial score (nSPS) is 18.8. The number of nitrogens with zero attached hydrogens (tertiary/aromatic N) is 5. The molecule has 2 aromatic heterocycles. The predicted molar refractivity (Wildman–Crippen MR) is 187 cm³/mol. The van der Waals surface area contributed by atoms with Gasteiger partial charge in [0.25, 0.3) is 0 Å². The van der Waals surface area contributed by atoms with Gasteiger partial charge < -0.3 is 14.1 Å². The minimum absolute atomic E-state index is 0.00462. The number of hydrogen-bond acceptors (Lipinski definition) is 8. The number of benzene rings is 2. The van der Waals surface area contributed by atoms with E-state index >= 15 is 4.39 Å². The van der Waals surface area contributed by atoms with E-state index in [4.69, 9.17) is 19.1 Å². The lowest BCUT2D eigenvalue weighted by atomic mass is 10.00. The number of halogens is 1. The predicted octanol–water partition coefficient (Wildman–Crippen LogP) is 8.68. The SMILES string of the molecule is CSc1nc(N2CC3CCC(C2)N3C(=O)OC(C)(C)C)c2cnc(-c3cc(O[Si](C)(C)C(C)(C)C)cc4ccccc34)c(F)c2n1. The van der Waals surface area contributed by atoms with E-state index in [1.807, 2.05) is 68.3 Å². The van der Waals surface area contributed by atoms with E-state index in [1.165, 1.54) is 11.8 Å². The standard InChI is InChI=1S/C35H44FN5O3SSi/c1-34(2,3)43-33(42)41-22-14-15-23(41)20-40(19-22)31-27-18-37-29(28(36)30(27)38-32(39-31)45-7)26-17-24(44-46(8,9)35(4,5)6)16-21-12-10-11-13-25(21)26/h10-13,16-18,22-23H,14-15,19-20H2,1-9H3. The smallest absolute Gasteiger partial charge is 0.410 e. The van der Waals surface area contributed by atoms with E-state index in [-0.39, 0.29) is 34.4 Å². The molecule has 8 nitrogen and oxygen atoms in total. The summed E-state index contributed by atoms with van der Waals surface area (Å²) in [6.07, 6.45) is 5.09. The van der Waals surface area contributed by atoms with Gasteiger partial charge in [-0.3, -0.25) is 9.88 Å². The number of piperazine rings is 1. The Labute approximate surface area is 276 Å². The fraction of sp³-hybridized carbons (Fsp3) is 0.486. The lowest BCUT2D eigenvalue weighted by molar-refractivity contribution is 0.0123.